The normalized spacial score (nSPS) is 23.2. The van der Waals surface area contributed by atoms with Crippen molar-refractivity contribution in [1.29, 1.82) is 5.26 Å². The van der Waals surface area contributed by atoms with Gasteiger partial charge in [0.1, 0.15) is 6.07 Å². The van der Waals surface area contributed by atoms with Crippen LogP contribution in [0.4, 0.5) is 5.69 Å². The van der Waals surface area contributed by atoms with Gasteiger partial charge in [-0.15, -0.1) is 11.8 Å². The van der Waals surface area contributed by atoms with E-state index in [2.05, 4.69) is 24.0 Å². The molecule has 19 heavy (non-hydrogen) atoms. The van der Waals surface area contributed by atoms with Crippen LogP contribution in [-0.2, 0) is 0 Å². The van der Waals surface area contributed by atoms with E-state index in [-0.39, 0.29) is 0 Å². The molecule has 2 rings (SSSR count). The third kappa shape index (κ3) is 2.72. The zero-order chi connectivity index (χ0) is 13.8. The molecule has 102 valence electrons. The molecule has 0 spiro atoms. The Kier molecular flexibility index (Phi) is 4.73. The smallest absolute Gasteiger partial charge is 0.103 e. The van der Waals surface area contributed by atoms with Gasteiger partial charge in [-0.3, -0.25) is 0 Å². The number of hydrogen-bond donors (Lipinski definition) is 1. The van der Waals surface area contributed by atoms with Crippen molar-refractivity contribution in [3.63, 3.8) is 0 Å². The van der Waals surface area contributed by atoms with Gasteiger partial charge in [-0.1, -0.05) is 6.07 Å². The molecule has 0 bridgehead atoms. The molecule has 1 saturated heterocycles. The molecule has 0 aliphatic carbocycles. The van der Waals surface area contributed by atoms with Crippen LogP contribution >= 0.6 is 11.8 Å². The molecule has 1 fully saturated rings. The van der Waals surface area contributed by atoms with Crippen LogP contribution < -0.4 is 10.6 Å². The first-order valence-corrected chi connectivity index (χ1v) is 8.01. The molecule has 0 radical (unpaired) electrons. The van der Waals surface area contributed by atoms with Crippen molar-refractivity contribution in [2.75, 3.05) is 17.7 Å². The van der Waals surface area contributed by atoms with Gasteiger partial charge in [0, 0.05) is 23.5 Å². The summed E-state index contributed by atoms with van der Waals surface area (Å²) in [4.78, 5) is 3.41. The minimum Gasteiger partial charge on any atom is -0.363 e. The molecule has 4 heteroatoms. The van der Waals surface area contributed by atoms with E-state index in [4.69, 9.17) is 5.73 Å². The Morgan fingerprint density at radius 2 is 2.26 bits per heavy atom. The van der Waals surface area contributed by atoms with Gasteiger partial charge in [-0.25, -0.2) is 0 Å². The minimum atomic E-state index is 0.355. The van der Waals surface area contributed by atoms with Crippen molar-refractivity contribution >= 4 is 17.4 Å². The SMILES string of the molecule is CSc1cccc(N2C(C)CCCC2CN)c1C#N. The Morgan fingerprint density at radius 1 is 1.47 bits per heavy atom. The van der Waals surface area contributed by atoms with Crippen LogP contribution in [-0.4, -0.2) is 24.9 Å². The van der Waals surface area contributed by atoms with E-state index in [0.717, 1.165) is 22.6 Å². The lowest BCUT2D eigenvalue weighted by molar-refractivity contribution is 0.400. The number of thioether (sulfide) groups is 1. The quantitative estimate of drug-likeness (QED) is 0.862. The Bertz CT molecular complexity index is 481. The molecule has 1 aliphatic rings. The summed E-state index contributed by atoms with van der Waals surface area (Å²) in [6.45, 7) is 2.88. The highest BCUT2D eigenvalue weighted by Crippen LogP contribution is 2.35. The molecule has 1 aliphatic heterocycles. The van der Waals surface area contributed by atoms with Crippen molar-refractivity contribution in [3.05, 3.63) is 23.8 Å². The summed E-state index contributed by atoms with van der Waals surface area (Å²) in [5, 5.41) is 9.49. The summed E-state index contributed by atoms with van der Waals surface area (Å²) in [5.74, 6) is 0. The number of benzene rings is 1. The molecule has 1 aromatic carbocycles. The van der Waals surface area contributed by atoms with Crippen LogP contribution in [0.3, 0.4) is 0 Å². The van der Waals surface area contributed by atoms with Gasteiger partial charge in [0.2, 0.25) is 0 Å². The Balaban J connectivity index is 2.47. The second kappa shape index (κ2) is 6.31. The van der Waals surface area contributed by atoms with Crippen molar-refractivity contribution in [3.8, 4) is 6.07 Å². The summed E-state index contributed by atoms with van der Waals surface area (Å²) in [6.07, 6.45) is 5.53. The second-order valence-corrected chi connectivity index (χ2v) is 5.89. The van der Waals surface area contributed by atoms with Crippen LogP contribution in [0.15, 0.2) is 23.1 Å². The molecule has 0 aromatic heterocycles. The molecular weight excluding hydrogens is 254 g/mol. The van der Waals surface area contributed by atoms with E-state index in [1.165, 1.54) is 12.8 Å². The summed E-state index contributed by atoms with van der Waals surface area (Å²) >= 11 is 1.63. The first kappa shape index (κ1) is 14.2. The monoisotopic (exact) mass is 275 g/mol. The van der Waals surface area contributed by atoms with Crippen LogP contribution in [0.5, 0.6) is 0 Å². The van der Waals surface area contributed by atoms with Gasteiger partial charge in [0.05, 0.1) is 11.3 Å². The summed E-state index contributed by atoms with van der Waals surface area (Å²) in [5.41, 5.74) is 7.77. The van der Waals surface area contributed by atoms with Crippen molar-refractivity contribution in [2.24, 2.45) is 5.73 Å². The Hall–Kier alpha value is -1.18. The van der Waals surface area contributed by atoms with Gasteiger partial charge < -0.3 is 10.6 Å². The molecule has 1 aromatic rings. The zero-order valence-electron chi connectivity index (χ0n) is 11.6. The van der Waals surface area contributed by atoms with Crippen molar-refractivity contribution in [2.45, 2.75) is 43.2 Å². The summed E-state index contributed by atoms with van der Waals surface area (Å²) in [7, 11) is 0. The van der Waals surface area contributed by atoms with Gasteiger partial charge in [0.25, 0.3) is 0 Å². The molecular formula is C15H21N3S. The number of hydrogen-bond acceptors (Lipinski definition) is 4. The van der Waals surface area contributed by atoms with Gasteiger partial charge in [-0.2, -0.15) is 5.26 Å². The van der Waals surface area contributed by atoms with Crippen molar-refractivity contribution < 1.29 is 0 Å². The zero-order valence-corrected chi connectivity index (χ0v) is 12.4. The Morgan fingerprint density at radius 3 is 2.89 bits per heavy atom. The summed E-state index contributed by atoms with van der Waals surface area (Å²) < 4.78 is 0. The Labute approximate surface area is 119 Å². The number of piperidine rings is 1. The standard InChI is InChI=1S/C15H21N3S/c1-11-5-3-6-12(9-16)18(11)14-7-4-8-15(19-2)13(14)10-17/h4,7-8,11-12H,3,5-6,9,16H2,1-2H3. The van der Waals surface area contributed by atoms with Crippen LogP contribution in [0, 0.1) is 11.3 Å². The predicted octanol–water partition coefficient (Wildman–Crippen LogP) is 2.99. The number of rotatable bonds is 3. The first-order valence-electron chi connectivity index (χ1n) is 6.78. The molecule has 3 nitrogen and oxygen atoms in total. The minimum absolute atomic E-state index is 0.355. The van der Waals surface area contributed by atoms with E-state index < -0.39 is 0 Å². The highest BCUT2D eigenvalue weighted by atomic mass is 32.2. The average Bonchev–Trinajstić information content (AvgIpc) is 2.45. The third-order valence-electron chi connectivity index (χ3n) is 3.91. The fourth-order valence-corrected chi connectivity index (χ4v) is 3.54. The maximum atomic E-state index is 9.49. The third-order valence-corrected chi connectivity index (χ3v) is 4.69. The van der Waals surface area contributed by atoms with E-state index in [1.807, 2.05) is 18.4 Å². The molecule has 0 saturated carbocycles. The highest BCUT2D eigenvalue weighted by Gasteiger charge is 2.29. The molecule has 2 atom stereocenters. The number of nitrogens with zero attached hydrogens (tertiary/aromatic N) is 2. The van der Waals surface area contributed by atoms with Crippen LogP contribution in [0.1, 0.15) is 31.7 Å². The maximum Gasteiger partial charge on any atom is 0.103 e. The number of anilines is 1. The highest BCUT2D eigenvalue weighted by molar-refractivity contribution is 7.98. The average molecular weight is 275 g/mol. The molecule has 1 heterocycles. The number of nitrogens with two attached hydrogens (primary N) is 1. The van der Waals surface area contributed by atoms with Gasteiger partial charge in [-0.05, 0) is 44.6 Å². The lowest BCUT2D eigenvalue weighted by Gasteiger charge is -2.42. The second-order valence-electron chi connectivity index (χ2n) is 5.04. The van der Waals surface area contributed by atoms with E-state index in [1.54, 1.807) is 11.8 Å². The topological polar surface area (TPSA) is 53.0 Å². The maximum absolute atomic E-state index is 9.49. The fraction of sp³-hybridized carbons (Fsp3) is 0.533. The lowest BCUT2D eigenvalue weighted by Crippen LogP contribution is -2.49. The first-order chi connectivity index (χ1) is 9.22. The molecule has 2 unspecified atom stereocenters. The van der Waals surface area contributed by atoms with Crippen molar-refractivity contribution in [1.82, 2.24) is 0 Å². The number of nitriles is 1. The molecule has 2 N–H and O–H groups in total. The van der Waals surface area contributed by atoms with E-state index in [9.17, 15) is 5.26 Å². The summed E-state index contributed by atoms with van der Waals surface area (Å²) in [6, 6.07) is 9.29. The van der Waals surface area contributed by atoms with E-state index in [0.29, 0.717) is 18.6 Å². The lowest BCUT2D eigenvalue weighted by atomic mass is 9.94. The van der Waals surface area contributed by atoms with Crippen LogP contribution in [0.2, 0.25) is 0 Å². The van der Waals surface area contributed by atoms with E-state index >= 15 is 0 Å². The fourth-order valence-electron chi connectivity index (χ4n) is 2.97. The predicted molar refractivity (Wildman–Crippen MR) is 81.6 cm³/mol. The largest absolute Gasteiger partial charge is 0.363 e. The molecule has 0 amide bonds. The van der Waals surface area contributed by atoms with Gasteiger partial charge >= 0.3 is 0 Å². The van der Waals surface area contributed by atoms with Gasteiger partial charge in [0.15, 0.2) is 0 Å². The van der Waals surface area contributed by atoms with Crippen LogP contribution in [0.25, 0.3) is 0 Å².